The van der Waals surface area contributed by atoms with E-state index in [1.165, 1.54) is 22.6 Å². The van der Waals surface area contributed by atoms with Crippen molar-refractivity contribution in [3.63, 3.8) is 0 Å². The minimum absolute atomic E-state index is 0.0420. The first-order valence-electron chi connectivity index (χ1n) is 10.0. The molecule has 0 unspecified atom stereocenters. The fourth-order valence-corrected chi connectivity index (χ4v) is 4.05. The van der Waals surface area contributed by atoms with Crippen molar-refractivity contribution in [2.75, 3.05) is 0 Å². The van der Waals surface area contributed by atoms with Gasteiger partial charge in [0.05, 0.1) is 11.6 Å². The monoisotopic (exact) mass is 390 g/mol. The second-order valence-corrected chi connectivity index (χ2v) is 7.93. The number of nitrogens with zero attached hydrogens (tertiary/aromatic N) is 3. The van der Waals surface area contributed by atoms with E-state index < -0.39 is 0 Å². The SMILES string of the molecule is Cn1cc(C(=O)N[C@@H]2CCc3cc(-c4noc(C5CCC5)n4)ccc32)ccc1=O. The fraction of sp³-hybridized carbons (Fsp3) is 0.364. The molecular weight excluding hydrogens is 368 g/mol. The molecule has 1 aromatic carbocycles. The maximum atomic E-state index is 12.6. The van der Waals surface area contributed by atoms with E-state index in [4.69, 9.17) is 4.52 Å². The second-order valence-electron chi connectivity index (χ2n) is 7.93. The number of benzene rings is 1. The Morgan fingerprint density at radius 1 is 1.21 bits per heavy atom. The predicted molar refractivity (Wildman–Crippen MR) is 107 cm³/mol. The lowest BCUT2D eigenvalue weighted by molar-refractivity contribution is 0.0936. The van der Waals surface area contributed by atoms with Crippen molar-refractivity contribution in [2.45, 2.75) is 44.1 Å². The summed E-state index contributed by atoms with van der Waals surface area (Å²) >= 11 is 0. The van der Waals surface area contributed by atoms with Gasteiger partial charge >= 0.3 is 0 Å². The summed E-state index contributed by atoms with van der Waals surface area (Å²) in [6, 6.07) is 9.07. The van der Waals surface area contributed by atoms with E-state index in [0.717, 1.165) is 42.7 Å². The lowest BCUT2D eigenvalue weighted by atomic mass is 9.85. The van der Waals surface area contributed by atoms with Gasteiger partial charge in [-0.05, 0) is 48.9 Å². The number of amides is 1. The van der Waals surface area contributed by atoms with Gasteiger partial charge in [-0.3, -0.25) is 9.59 Å². The average Bonchev–Trinajstić information content (AvgIpc) is 3.30. The van der Waals surface area contributed by atoms with Crippen molar-refractivity contribution in [3.8, 4) is 11.4 Å². The summed E-state index contributed by atoms with van der Waals surface area (Å²) in [6.45, 7) is 0. The van der Waals surface area contributed by atoms with Crippen LogP contribution in [0.5, 0.6) is 0 Å². The van der Waals surface area contributed by atoms with Crippen LogP contribution in [0, 0.1) is 0 Å². The Bertz CT molecular complexity index is 1140. The summed E-state index contributed by atoms with van der Waals surface area (Å²) < 4.78 is 6.85. The van der Waals surface area contributed by atoms with Gasteiger partial charge in [-0.25, -0.2) is 0 Å². The van der Waals surface area contributed by atoms with Gasteiger partial charge in [-0.2, -0.15) is 4.98 Å². The van der Waals surface area contributed by atoms with Crippen LogP contribution in [-0.4, -0.2) is 20.6 Å². The molecule has 7 heteroatoms. The van der Waals surface area contributed by atoms with Gasteiger partial charge in [0.15, 0.2) is 0 Å². The first-order chi connectivity index (χ1) is 14.1. The molecular formula is C22H22N4O3. The summed E-state index contributed by atoms with van der Waals surface area (Å²) in [4.78, 5) is 28.7. The van der Waals surface area contributed by atoms with Crippen LogP contribution < -0.4 is 10.9 Å². The molecule has 0 aliphatic heterocycles. The first kappa shape index (κ1) is 17.8. The summed E-state index contributed by atoms with van der Waals surface area (Å²) in [7, 11) is 1.64. The van der Waals surface area contributed by atoms with E-state index in [9.17, 15) is 9.59 Å². The molecule has 1 N–H and O–H groups in total. The standard InChI is InChI=1S/C22H22N4O3/c1-26-12-16(7-10-19(26)27)21(28)23-18-9-6-14-11-15(5-8-17(14)18)20-24-22(29-25-20)13-3-2-4-13/h5,7-8,10-13,18H,2-4,6,9H2,1H3,(H,23,28)/t18-/m1/s1. The van der Waals surface area contributed by atoms with E-state index in [0.29, 0.717) is 17.3 Å². The zero-order valence-electron chi connectivity index (χ0n) is 16.2. The number of rotatable bonds is 4. The number of pyridine rings is 1. The van der Waals surface area contributed by atoms with Crippen LogP contribution in [-0.2, 0) is 13.5 Å². The van der Waals surface area contributed by atoms with E-state index in [1.807, 2.05) is 12.1 Å². The number of aromatic nitrogens is 3. The van der Waals surface area contributed by atoms with Gasteiger partial charge in [-0.15, -0.1) is 0 Å². The maximum absolute atomic E-state index is 12.6. The van der Waals surface area contributed by atoms with Crippen LogP contribution in [0.25, 0.3) is 11.4 Å². The zero-order chi connectivity index (χ0) is 20.0. The second kappa shape index (κ2) is 6.99. The molecule has 29 heavy (non-hydrogen) atoms. The molecule has 2 aromatic heterocycles. The number of carbonyl (C=O) groups is 1. The lowest BCUT2D eigenvalue weighted by Gasteiger charge is -2.20. The molecule has 1 amide bonds. The van der Waals surface area contributed by atoms with Crippen LogP contribution in [0.3, 0.4) is 0 Å². The fourth-order valence-electron chi connectivity index (χ4n) is 4.05. The molecule has 0 spiro atoms. The smallest absolute Gasteiger partial charge is 0.253 e. The molecule has 1 saturated carbocycles. The molecule has 0 bridgehead atoms. The highest BCUT2D eigenvalue weighted by Crippen LogP contribution is 2.37. The molecule has 148 valence electrons. The zero-order valence-corrected chi connectivity index (χ0v) is 16.2. The third-order valence-corrected chi connectivity index (χ3v) is 6.03. The molecule has 2 aliphatic rings. The summed E-state index contributed by atoms with van der Waals surface area (Å²) in [5.74, 6) is 1.62. The number of carbonyl (C=O) groups excluding carboxylic acids is 1. The van der Waals surface area contributed by atoms with Gasteiger partial charge < -0.3 is 14.4 Å². The van der Waals surface area contributed by atoms with E-state index >= 15 is 0 Å². The van der Waals surface area contributed by atoms with E-state index in [1.54, 1.807) is 19.3 Å². The Morgan fingerprint density at radius 2 is 2.07 bits per heavy atom. The van der Waals surface area contributed by atoms with Crippen molar-refractivity contribution in [1.82, 2.24) is 20.0 Å². The molecule has 0 radical (unpaired) electrons. The highest BCUT2D eigenvalue weighted by atomic mass is 16.5. The number of fused-ring (bicyclic) bond motifs is 1. The highest BCUT2D eigenvalue weighted by Gasteiger charge is 2.27. The van der Waals surface area contributed by atoms with Crippen molar-refractivity contribution in [1.29, 1.82) is 0 Å². The van der Waals surface area contributed by atoms with Gasteiger partial charge in [0.1, 0.15) is 0 Å². The number of nitrogens with one attached hydrogen (secondary N) is 1. The largest absolute Gasteiger partial charge is 0.345 e. The number of hydrogen-bond donors (Lipinski definition) is 1. The number of hydrogen-bond acceptors (Lipinski definition) is 5. The Morgan fingerprint density at radius 3 is 2.83 bits per heavy atom. The lowest BCUT2D eigenvalue weighted by Crippen LogP contribution is -2.28. The Kier molecular flexibility index (Phi) is 4.30. The topological polar surface area (TPSA) is 90.0 Å². The van der Waals surface area contributed by atoms with Crippen molar-refractivity contribution >= 4 is 5.91 Å². The summed E-state index contributed by atoms with van der Waals surface area (Å²) in [5, 5.41) is 7.24. The third-order valence-electron chi connectivity index (χ3n) is 6.03. The number of aryl methyl sites for hydroxylation is 2. The highest BCUT2D eigenvalue weighted by molar-refractivity contribution is 5.94. The molecule has 1 atom stereocenters. The predicted octanol–water partition coefficient (Wildman–Crippen LogP) is 3.12. The summed E-state index contributed by atoms with van der Waals surface area (Å²) in [6.07, 6.45) is 6.77. The first-order valence-corrected chi connectivity index (χ1v) is 10.0. The van der Waals surface area contributed by atoms with Gasteiger partial charge in [0.25, 0.3) is 5.91 Å². The Labute approximate surface area is 167 Å². The van der Waals surface area contributed by atoms with Gasteiger partial charge in [-0.1, -0.05) is 23.7 Å². The summed E-state index contributed by atoms with van der Waals surface area (Å²) in [5.41, 5.74) is 3.61. The van der Waals surface area contributed by atoms with E-state index in [2.05, 4.69) is 21.5 Å². The molecule has 2 aliphatic carbocycles. The Balaban J connectivity index is 1.33. The molecule has 5 rings (SSSR count). The third kappa shape index (κ3) is 3.26. The molecule has 2 heterocycles. The Hall–Kier alpha value is -3.22. The van der Waals surface area contributed by atoms with Crippen molar-refractivity contribution in [2.24, 2.45) is 7.05 Å². The molecule has 1 fully saturated rings. The molecule has 0 saturated heterocycles. The van der Waals surface area contributed by atoms with Gasteiger partial charge in [0.2, 0.25) is 17.3 Å². The minimum atomic E-state index is -0.175. The average molecular weight is 390 g/mol. The molecule has 3 aromatic rings. The molecule has 7 nitrogen and oxygen atoms in total. The van der Waals surface area contributed by atoms with Gasteiger partial charge in [0, 0.05) is 30.8 Å². The normalized spacial score (nSPS) is 18.3. The van der Waals surface area contributed by atoms with Crippen LogP contribution in [0.2, 0.25) is 0 Å². The maximum Gasteiger partial charge on any atom is 0.253 e. The minimum Gasteiger partial charge on any atom is -0.345 e. The van der Waals surface area contributed by atoms with Crippen LogP contribution in [0.15, 0.2) is 45.8 Å². The van der Waals surface area contributed by atoms with E-state index in [-0.39, 0.29) is 17.5 Å². The van der Waals surface area contributed by atoms with Crippen molar-refractivity contribution in [3.05, 3.63) is 69.5 Å². The van der Waals surface area contributed by atoms with Crippen molar-refractivity contribution < 1.29 is 9.32 Å². The van der Waals surface area contributed by atoms with Crippen LogP contribution in [0.4, 0.5) is 0 Å². The van der Waals surface area contributed by atoms with Crippen LogP contribution >= 0.6 is 0 Å². The van der Waals surface area contributed by atoms with Crippen LogP contribution in [0.1, 0.15) is 65.0 Å². The quantitative estimate of drug-likeness (QED) is 0.739.